The molecule has 3 heteroatoms. The maximum absolute atomic E-state index is 13.5. The van der Waals surface area contributed by atoms with Gasteiger partial charge in [-0.1, -0.05) is 26.3 Å². The van der Waals surface area contributed by atoms with Crippen molar-refractivity contribution in [2.24, 2.45) is 5.92 Å². The molecule has 0 bridgehead atoms. The van der Waals surface area contributed by atoms with E-state index >= 15 is 0 Å². The summed E-state index contributed by atoms with van der Waals surface area (Å²) in [7, 11) is 1.72. The van der Waals surface area contributed by atoms with E-state index in [0.717, 1.165) is 6.42 Å². The lowest BCUT2D eigenvalue weighted by Crippen LogP contribution is -2.25. The van der Waals surface area contributed by atoms with Crippen LogP contribution in [0.4, 0.5) is 8.78 Å². The maximum Gasteiger partial charge on any atom is 0.130 e. The van der Waals surface area contributed by atoms with Gasteiger partial charge >= 0.3 is 0 Å². The van der Waals surface area contributed by atoms with Gasteiger partial charge in [-0.15, -0.1) is 0 Å². The highest BCUT2D eigenvalue weighted by Crippen LogP contribution is 2.28. The molecule has 0 aliphatic heterocycles. The third-order valence-electron chi connectivity index (χ3n) is 2.83. The number of hydrogen-bond acceptors (Lipinski definition) is 1. The molecule has 0 spiro atoms. The fourth-order valence-corrected chi connectivity index (χ4v) is 1.76. The van der Waals surface area contributed by atoms with Crippen molar-refractivity contribution in [1.82, 2.24) is 5.32 Å². The molecule has 1 N–H and O–H groups in total. The summed E-state index contributed by atoms with van der Waals surface area (Å²) in [5.74, 6) is -0.759. The topological polar surface area (TPSA) is 12.0 Å². The van der Waals surface area contributed by atoms with Gasteiger partial charge in [0, 0.05) is 11.6 Å². The molecule has 2 unspecified atom stereocenters. The van der Waals surface area contributed by atoms with Crippen molar-refractivity contribution in [2.45, 2.75) is 26.3 Å². The Morgan fingerprint density at radius 3 is 2.20 bits per heavy atom. The Morgan fingerprint density at radius 2 is 1.80 bits per heavy atom. The highest BCUT2D eigenvalue weighted by molar-refractivity contribution is 5.23. The average molecular weight is 213 g/mol. The summed E-state index contributed by atoms with van der Waals surface area (Å²) in [5.41, 5.74) is 0.148. The van der Waals surface area contributed by atoms with E-state index in [9.17, 15) is 8.78 Å². The second-order valence-corrected chi connectivity index (χ2v) is 3.79. The molecular formula is C12H17F2N. The smallest absolute Gasteiger partial charge is 0.130 e. The normalized spacial score (nSPS) is 15.0. The van der Waals surface area contributed by atoms with Gasteiger partial charge in [-0.05, 0) is 25.1 Å². The van der Waals surface area contributed by atoms with Crippen LogP contribution in [0.15, 0.2) is 18.2 Å². The van der Waals surface area contributed by atoms with Gasteiger partial charge in [0.25, 0.3) is 0 Å². The first-order valence-electron chi connectivity index (χ1n) is 5.23. The predicted octanol–water partition coefficient (Wildman–Crippen LogP) is 3.27. The molecule has 0 saturated heterocycles. The zero-order valence-corrected chi connectivity index (χ0v) is 9.35. The fraction of sp³-hybridized carbons (Fsp3) is 0.500. The Bertz CT molecular complexity index is 305. The minimum Gasteiger partial charge on any atom is -0.313 e. The Balaban J connectivity index is 3.11. The molecule has 2 atom stereocenters. The van der Waals surface area contributed by atoms with Crippen molar-refractivity contribution in [3.8, 4) is 0 Å². The maximum atomic E-state index is 13.5. The van der Waals surface area contributed by atoms with Crippen molar-refractivity contribution in [3.63, 3.8) is 0 Å². The number of hydrogen-bond donors (Lipinski definition) is 1. The Hall–Kier alpha value is -0.960. The minimum atomic E-state index is -0.477. The van der Waals surface area contributed by atoms with Crippen LogP contribution in [0.1, 0.15) is 31.9 Å². The van der Waals surface area contributed by atoms with Gasteiger partial charge < -0.3 is 5.32 Å². The molecule has 1 rings (SSSR count). The summed E-state index contributed by atoms with van der Waals surface area (Å²) in [6.07, 6.45) is 0.874. The number of halogens is 2. The quantitative estimate of drug-likeness (QED) is 0.809. The van der Waals surface area contributed by atoms with Gasteiger partial charge in [0.2, 0.25) is 0 Å². The van der Waals surface area contributed by atoms with Gasteiger partial charge in [-0.2, -0.15) is 0 Å². The molecule has 0 aromatic heterocycles. The molecule has 15 heavy (non-hydrogen) atoms. The van der Waals surface area contributed by atoms with E-state index in [2.05, 4.69) is 5.32 Å². The third-order valence-corrected chi connectivity index (χ3v) is 2.83. The lowest BCUT2D eigenvalue weighted by molar-refractivity contribution is 0.372. The van der Waals surface area contributed by atoms with Crippen LogP contribution in [0.3, 0.4) is 0 Å². The summed E-state index contributed by atoms with van der Waals surface area (Å²) in [6.45, 7) is 3.99. The second kappa shape index (κ2) is 5.21. The molecule has 1 nitrogen and oxygen atoms in total. The van der Waals surface area contributed by atoms with Crippen molar-refractivity contribution in [2.75, 3.05) is 7.05 Å². The molecule has 0 amide bonds. The van der Waals surface area contributed by atoms with Crippen molar-refractivity contribution < 1.29 is 8.78 Å². The zero-order valence-electron chi connectivity index (χ0n) is 9.35. The highest BCUT2D eigenvalue weighted by Gasteiger charge is 2.22. The van der Waals surface area contributed by atoms with Gasteiger partial charge in [-0.25, -0.2) is 8.78 Å². The molecule has 1 aromatic rings. The molecule has 0 heterocycles. The van der Waals surface area contributed by atoms with E-state index in [0.29, 0.717) is 0 Å². The predicted molar refractivity (Wildman–Crippen MR) is 57.6 cm³/mol. The standard InChI is InChI=1S/C12H17F2N/c1-4-8(2)12(15-3)11-9(13)6-5-7-10(11)14/h5-8,12,15H,4H2,1-3H3. The van der Waals surface area contributed by atoms with Crippen molar-refractivity contribution >= 4 is 0 Å². The van der Waals surface area contributed by atoms with Crippen LogP contribution in [0.2, 0.25) is 0 Å². The molecule has 0 fully saturated rings. The summed E-state index contributed by atoms with van der Waals surface area (Å²) < 4.78 is 27.0. The number of rotatable bonds is 4. The summed E-state index contributed by atoms with van der Waals surface area (Å²) in [6, 6.07) is 3.71. The van der Waals surface area contributed by atoms with Crippen LogP contribution in [-0.2, 0) is 0 Å². The van der Waals surface area contributed by atoms with Gasteiger partial charge in [0.15, 0.2) is 0 Å². The van der Waals surface area contributed by atoms with E-state index in [1.165, 1.54) is 18.2 Å². The Labute approximate surface area is 89.5 Å². The van der Waals surface area contributed by atoms with E-state index in [1.807, 2.05) is 13.8 Å². The van der Waals surface area contributed by atoms with Crippen LogP contribution in [0.25, 0.3) is 0 Å². The number of nitrogens with one attached hydrogen (secondary N) is 1. The molecule has 1 aromatic carbocycles. The Kier molecular flexibility index (Phi) is 4.21. The van der Waals surface area contributed by atoms with E-state index in [4.69, 9.17) is 0 Å². The third kappa shape index (κ3) is 2.53. The van der Waals surface area contributed by atoms with E-state index < -0.39 is 11.6 Å². The monoisotopic (exact) mass is 213 g/mol. The molecule has 0 aliphatic rings. The molecule has 84 valence electrons. The average Bonchev–Trinajstić information content (AvgIpc) is 2.22. The first-order chi connectivity index (χ1) is 7.11. The molecule has 0 aliphatic carbocycles. The lowest BCUT2D eigenvalue weighted by Gasteiger charge is -2.23. The summed E-state index contributed by atoms with van der Waals surface area (Å²) >= 11 is 0. The van der Waals surface area contributed by atoms with E-state index in [-0.39, 0.29) is 17.5 Å². The van der Waals surface area contributed by atoms with Crippen LogP contribution in [0, 0.1) is 17.6 Å². The van der Waals surface area contributed by atoms with Crippen molar-refractivity contribution in [1.29, 1.82) is 0 Å². The highest BCUT2D eigenvalue weighted by atomic mass is 19.1. The first kappa shape index (κ1) is 12.1. The van der Waals surface area contributed by atoms with Gasteiger partial charge in [0.05, 0.1) is 0 Å². The number of benzene rings is 1. The largest absolute Gasteiger partial charge is 0.313 e. The van der Waals surface area contributed by atoms with Gasteiger partial charge in [-0.3, -0.25) is 0 Å². The minimum absolute atomic E-state index is 0.148. The van der Waals surface area contributed by atoms with Crippen molar-refractivity contribution in [3.05, 3.63) is 35.4 Å². The summed E-state index contributed by atoms with van der Waals surface area (Å²) in [4.78, 5) is 0. The lowest BCUT2D eigenvalue weighted by atomic mass is 9.92. The molecular weight excluding hydrogens is 196 g/mol. The van der Waals surface area contributed by atoms with Crippen LogP contribution in [-0.4, -0.2) is 7.05 Å². The molecule has 0 saturated carbocycles. The first-order valence-corrected chi connectivity index (χ1v) is 5.23. The van der Waals surface area contributed by atoms with Crippen LogP contribution >= 0.6 is 0 Å². The van der Waals surface area contributed by atoms with Crippen LogP contribution in [0.5, 0.6) is 0 Å². The van der Waals surface area contributed by atoms with Gasteiger partial charge in [0.1, 0.15) is 11.6 Å². The Morgan fingerprint density at radius 1 is 1.27 bits per heavy atom. The summed E-state index contributed by atoms with van der Waals surface area (Å²) in [5, 5.41) is 2.97. The van der Waals surface area contributed by atoms with E-state index in [1.54, 1.807) is 7.05 Å². The molecule has 0 radical (unpaired) electrons. The fourth-order valence-electron chi connectivity index (χ4n) is 1.76. The van der Waals surface area contributed by atoms with Crippen LogP contribution < -0.4 is 5.32 Å². The SMILES string of the molecule is CCC(C)C(NC)c1c(F)cccc1F. The zero-order chi connectivity index (χ0) is 11.4. The second-order valence-electron chi connectivity index (χ2n) is 3.79.